The Morgan fingerprint density at radius 2 is 2.14 bits per heavy atom. The molecule has 4 nitrogen and oxygen atoms in total. The summed E-state index contributed by atoms with van der Waals surface area (Å²) in [6.45, 7) is 4.35. The first-order valence-electron chi connectivity index (χ1n) is 7.87. The van der Waals surface area contributed by atoms with Crippen molar-refractivity contribution < 1.29 is 14.3 Å². The Morgan fingerprint density at radius 1 is 1.33 bits per heavy atom. The lowest BCUT2D eigenvalue weighted by Crippen LogP contribution is -2.25. The van der Waals surface area contributed by atoms with Crippen LogP contribution in [0.15, 0.2) is 18.2 Å². The van der Waals surface area contributed by atoms with E-state index in [1.807, 2.05) is 6.07 Å². The summed E-state index contributed by atoms with van der Waals surface area (Å²) in [4.78, 5) is 11.9. The number of hydrogen-bond donors (Lipinski definition) is 1. The highest BCUT2D eigenvalue weighted by molar-refractivity contribution is 5.95. The Bertz CT molecular complexity index is 487. The largest absolute Gasteiger partial charge is 0.490 e. The van der Waals surface area contributed by atoms with Gasteiger partial charge in [-0.05, 0) is 50.3 Å². The SMILES string of the molecule is CCOC(=O)c1cc(OC2CCCC(CC)C2)ccc1N. The van der Waals surface area contributed by atoms with Crippen molar-refractivity contribution in [1.29, 1.82) is 0 Å². The Balaban J connectivity index is 2.06. The maximum Gasteiger partial charge on any atom is 0.340 e. The minimum Gasteiger partial charge on any atom is -0.490 e. The van der Waals surface area contributed by atoms with E-state index in [4.69, 9.17) is 15.2 Å². The van der Waals surface area contributed by atoms with Gasteiger partial charge in [-0.25, -0.2) is 4.79 Å². The van der Waals surface area contributed by atoms with Gasteiger partial charge in [0.05, 0.1) is 18.3 Å². The molecule has 0 saturated heterocycles. The van der Waals surface area contributed by atoms with E-state index in [1.54, 1.807) is 19.1 Å². The summed E-state index contributed by atoms with van der Waals surface area (Å²) < 4.78 is 11.1. The molecule has 0 heterocycles. The van der Waals surface area contributed by atoms with Crippen LogP contribution in [-0.4, -0.2) is 18.7 Å². The van der Waals surface area contributed by atoms with Gasteiger partial charge in [-0.2, -0.15) is 0 Å². The van der Waals surface area contributed by atoms with E-state index in [0.29, 0.717) is 23.6 Å². The van der Waals surface area contributed by atoms with Gasteiger partial charge in [-0.1, -0.05) is 19.8 Å². The number of rotatable bonds is 5. The smallest absolute Gasteiger partial charge is 0.340 e. The summed E-state index contributed by atoms with van der Waals surface area (Å²) in [5.41, 5.74) is 6.65. The number of carbonyl (C=O) groups is 1. The van der Waals surface area contributed by atoms with E-state index in [2.05, 4.69) is 6.92 Å². The summed E-state index contributed by atoms with van der Waals surface area (Å²) in [7, 11) is 0. The maximum absolute atomic E-state index is 11.9. The average Bonchev–Trinajstić information content (AvgIpc) is 2.49. The Morgan fingerprint density at radius 3 is 2.86 bits per heavy atom. The summed E-state index contributed by atoms with van der Waals surface area (Å²) in [5, 5.41) is 0. The molecule has 2 atom stereocenters. The topological polar surface area (TPSA) is 61.5 Å². The van der Waals surface area contributed by atoms with Gasteiger partial charge in [0.15, 0.2) is 0 Å². The van der Waals surface area contributed by atoms with Crippen LogP contribution in [0.5, 0.6) is 5.75 Å². The number of hydrogen-bond acceptors (Lipinski definition) is 4. The van der Waals surface area contributed by atoms with E-state index >= 15 is 0 Å². The second-order valence-corrected chi connectivity index (χ2v) is 5.65. The highest BCUT2D eigenvalue weighted by atomic mass is 16.5. The van der Waals surface area contributed by atoms with Gasteiger partial charge in [0.1, 0.15) is 5.75 Å². The normalized spacial score (nSPS) is 21.8. The first-order valence-corrected chi connectivity index (χ1v) is 7.87. The molecule has 0 bridgehead atoms. The van der Waals surface area contributed by atoms with Crippen LogP contribution in [0.2, 0.25) is 0 Å². The van der Waals surface area contributed by atoms with Gasteiger partial charge in [0.25, 0.3) is 0 Å². The predicted molar refractivity (Wildman–Crippen MR) is 83.5 cm³/mol. The second kappa shape index (κ2) is 7.34. The molecular formula is C17H25NO3. The Hall–Kier alpha value is -1.71. The second-order valence-electron chi connectivity index (χ2n) is 5.65. The molecule has 116 valence electrons. The van der Waals surface area contributed by atoms with Crippen LogP contribution in [0, 0.1) is 5.92 Å². The van der Waals surface area contributed by atoms with Gasteiger partial charge < -0.3 is 15.2 Å². The third-order valence-electron chi connectivity index (χ3n) is 4.13. The van der Waals surface area contributed by atoms with Crippen molar-refractivity contribution >= 4 is 11.7 Å². The van der Waals surface area contributed by atoms with Gasteiger partial charge in [-0.15, -0.1) is 0 Å². The van der Waals surface area contributed by atoms with Crippen LogP contribution in [0.25, 0.3) is 0 Å². The lowest BCUT2D eigenvalue weighted by Gasteiger charge is -2.29. The molecule has 0 amide bonds. The molecule has 1 aromatic carbocycles. The highest BCUT2D eigenvalue weighted by Gasteiger charge is 2.22. The number of esters is 1. The van der Waals surface area contributed by atoms with E-state index < -0.39 is 5.97 Å². The lowest BCUT2D eigenvalue weighted by molar-refractivity contribution is 0.0526. The Labute approximate surface area is 126 Å². The van der Waals surface area contributed by atoms with Crippen molar-refractivity contribution in [3.05, 3.63) is 23.8 Å². The van der Waals surface area contributed by atoms with Crippen LogP contribution in [0.4, 0.5) is 5.69 Å². The molecular weight excluding hydrogens is 266 g/mol. The molecule has 1 fully saturated rings. The molecule has 0 aliphatic heterocycles. The van der Waals surface area contributed by atoms with Crippen molar-refractivity contribution in [3.63, 3.8) is 0 Å². The molecule has 0 spiro atoms. The third-order valence-corrected chi connectivity index (χ3v) is 4.13. The Kier molecular flexibility index (Phi) is 5.48. The molecule has 1 saturated carbocycles. The fraction of sp³-hybridized carbons (Fsp3) is 0.588. The molecule has 1 aromatic rings. The lowest BCUT2D eigenvalue weighted by atomic mass is 9.85. The van der Waals surface area contributed by atoms with Crippen LogP contribution < -0.4 is 10.5 Å². The molecule has 2 rings (SSSR count). The molecule has 2 unspecified atom stereocenters. The number of nitrogen functional groups attached to an aromatic ring is 1. The zero-order valence-electron chi connectivity index (χ0n) is 12.9. The highest BCUT2D eigenvalue weighted by Crippen LogP contribution is 2.30. The molecule has 21 heavy (non-hydrogen) atoms. The average molecular weight is 291 g/mol. The summed E-state index contributed by atoms with van der Waals surface area (Å²) >= 11 is 0. The molecule has 4 heteroatoms. The van der Waals surface area contributed by atoms with Gasteiger partial charge in [0, 0.05) is 5.69 Å². The van der Waals surface area contributed by atoms with E-state index in [1.165, 1.54) is 19.3 Å². The summed E-state index contributed by atoms with van der Waals surface area (Å²) in [6, 6.07) is 5.23. The van der Waals surface area contributed by atoms with Gasteiger partial charge in [0.2, 0.25) is 0 Å². The predicted octanol–water partition coefficient (Wildman–Crippen LogP) is 3.79. The summed E-state index contributed by atoms with van der Waals surface area (Å²) in [5.74, 6) is 1.06. The quantitative estimate of drug-likeness (QED) is 0.662. The first kappa shape index (κ1) is 15.7. The number of anilines is 1. The summed E-state index contributed by atoms with van der Waals surface area (Å²) in [6.07, 6.45) is 6.12. The standard InChI is InChI=1S/C17H25NO3/c1-3-12-6-5-7-13(10-12)21-14-8-9-16(18)15(11-14)17(19)20-4-2/h8-9,11-13H,3-7,10,18H2,1-2H3. The number of carbonyl (C=O) groups excluding carboxylic acids is 1. The maximum atomic E-state index is 11.9. The van der Waals surface area contributed by atoms with Gasteiger partial charge >= 0.3 is 5.97 Å². The molecule has 1 aliphatic carbocycles. The minimum atomic E-state index is -0.393. The molecule has 1 aliphatic rings. The minimum absolute atomic E-state index is 0.238. The number of nitrogens with two attached hydrogens (primary N) is 1. The number of benzene rings is 1. The molecule has 2 N–H and O–H groups in total. The van der Waals surface area contributed by atoms with Crippen LogP contribution in [0.1, 0.15) is 56.3 Å². The van der Waals surface area contributed by atoms with Crippen LogP contribution >= 0.6 is 0 Å². The third kappa shape index (κ3) is 4.13. The molecule has 0 aromatic heterocycles. The fourth-order valence-electron chi connectivity index (χ4n) is 2.91. The van der Waals surface area contributed by atoms with Crippen molar-refractivity contribution in [3.8, 4) is 5.75 Å². The first-order chi connectivity index (χ1) is 10.1. The number of ether oxygens (including phenoxy) is 2. The van der Waals surface area contributed by atoms with Gasteiger partial charge in [-0.3, -0.25) is 0 Å². The van der Waals surface area contributed by atoms with E-state index in [-0.39, 0.29) is 6.10 Å². The van der Waals surface area contributed by atoms with E-state index in [0.717, 1.165) is 18.8 Å². The van der Waals surface area contributed by atoms with E-state index in [9.17, 15) is 4.79 Å². The monoisotopic (exact) mass is 291 g/mol. The zero-order chi connectivity index (χ0) is 15.2. The van der Waals surface area contributed by atoms with Crippen LogP contribution in [-0.2, 0) is 4.74 Å². The van der Waals surface area contributed by atoms with Crippen molar-refractivity contribution in [2.75, 3.05) is 12.3 Å². The van der Waals surface area contributed by atoms with Crippen molar-refractivity contribution in [2.24, 2.45) is 5.92 Å². The van der Waals surface area contributed by atoms with Crippen molar-refractivity contribution in [2.45, 2.75) is 52.1 Å². The van der Waals surface area contributed by atoms with Crippen molar-refractivity contribution in [1.82, 2.24) is 0 Å². The fourth-order valence-corrected chi connectivity index (χ4v) is 2.91. The van der Waals surface area contributed by atoms with Crippen LogP contribution in [0.3, 0.4) is 0 Å². The zero-order valence-corrected chi connectivity index (χ0v) is 12.9. The molecule has 0 radical (unpaired) electrons.